The molecule has 2 nitrogen and oxygen atoms in total. The summed E-state index contributed by atoms with van der Waals surface area (Å²) in [5, 5.41) is 3.28. The Balaban J connectivity index is -0.000000199. The van der Waals surface area contributed by atoms with Gasteiger partial charge in [0.05, 0.1) is 6.04 Å². The predicted octanol–water partition coefficient (Wildman–Crippen LogP) is 3.85. The number of rotatable bonds is 2. The maximum Gasteiger partial charge on any atom is 0.154 e. The molecule has 0 aliphatic heterocycles. The molecular formula is C14H32NORf-. The van der Waals surface area contributed by atoms with E-state index in [2.05, 4.69) is 26.1 Å². The van der Waals surface area contributed by atoms with Crippen LogP contribution >= 0.6 is 0 Å². The Labute approximate surface area is 103 Å². The molecule has 0 rings (SSSR count). The van der Waals surface area contributed by atoms with Crippen LogP contribution in [-0.2, 0) is 4.79 Å². The molecular weight excluding hydrogens is 465 g/mol. The molecule has 0 aliphatic rings. The van der Waals surface area contributed by atoms with Crippen molar-refractivity contribution in [3.63, 3.8) is 0 Å². The zero-order chi connectivity index (χ0) is 12.9. The molecule has 0 aliphatic carbocycles. The van der Waals surface area contributed by atoms with E-state index in [0.29, 0.717) is 0 Å². The summed E-state index contributed by atoms with van der Waals surface area (Å²) >= 11 is 0. The quantitative estimate of drug-likeness (QED) is 0.588. The summed E-state index contributed by atoms with van der Waals surface area (Å²) in [6, 6.07) is -0.0694. The summed E-state index contributed by atoms with van der Waals surface area (Å²) in [6.07, 6.45) is 0. The molecule has 0 aromatic carbocycles. The zero-order valence-corrected chi connectivity index (χ0v) is 20.1. The van der Waals surface area contributed by atoms with Crippen LogP contribution in [0.5, 0.6) is 0 Å². The fourth-order valence-corrected chi connectivity index (χ4v) is 1.36. The Kier molecular flexibility index (Phi) is 12.7. The SMILES string of the molecule is CC.CC(NC(C)(C)C)C(=O)C(C)(C)C.[CH3-].[Rf]. The monoisotopic (exact) mass is 497 g/mol. The summed E-state index contributed by atoms with van der Waals surface area (Å²) in [7, 11) is 0. The van der Waals surface area contributed by atoms with Crippen molar-refractivity contribution in [2.24, 2.45) is 5.41 Å². The van der Waals surface area contributed by atoms with Gasteiger partial charge in [-0.3, -0.25) is 4.79 Å². The van der Waals surface area contributed by atoms with Crippen LogP contribution < -0.4 is 5.32 Å². The van der Waals surface area contributed by atoms with E-state index in [1.165, 1.54) is 0 Å². The molecule has 0 amide bonds. The Bertz CT molecular complexity index is 189. The summed E-state index contributed by atoms with van der Waals surface area (Å²) in [5.41, 5.74) is -0.252. The van der Waals surface area contributed by atoms with Crippen molar-refractivity contribution >= 4 is 5.78 Å². The van der Waals surface area contributed by atoms with Crippen LogP contribution in [0, 0.1) is 12.8 Å². The molecule has 102 valence electrons. The normalized spacial score (nSPS) is 12.3. The number of hydrogen-bond donors (Lipinski definition) is 1. The Hall–Kier alpha value is -1.37. The van der Waals surface area contributed by atoms with Gasteiger partial charge in [-0.2, -0.15) is 0 Å². The minimum absolute atomic E-state index is 0. The maximum absolute atomic E-state index is 11.8. The van der Waals surface area contributed by atoms with Gasteiger partial charge in [0.1, 0.15) is 0 Å². The second kappa shape index (κ2) is 8.74. The molecule has 1 N–H and O–H groups in total. The van der Waals surface area contributed by atoms with Crippen LogP contribution in [0.2, 0.25) is 0 Å². The first-order valence-corrected chi connectivity index (χ1v) is 5.86. The molecule has 0 radical (unpaired) electrons. The first-order chi connectivity index (χ1) is 6.54. The Morgan fingerprint density at radius 1 is 1.00 bits per heavy atom. The Morgan fingerprint density at radius 2 is 1.29 bits per heavy atom. The van der Waals surface area contributed by atoms with Crippen LogP contribution in [0.4, 0.5) is 0 Å². The van der Waals surface area contributed by atoms with Crippen molar-refractivity contribution < 1.29 is 4.79 Å². The van der Waals surface area contributed by atoms with E-state index in [4.69, 9.17) is 0 Å². The Morgan fingerprint density at radius 3 is 1.47 bits per heavy atom. The van der Waals surface area contributed by atoms with Crippen LogP contribution in [0.3, 0.4) is 0 Å². The number of hydrogen-bond acceptors (Lipinski definition) is 2. The van der Waals surface area contributed by atoms with Crippen molar-refractivity contribution in [2.45, 2.75) is 73.9 Å². The molecule has 1 unspecified atom stereocenters. The molecule has 3 heteroatoms. The summed E-state index contributed by atoms with van der Waals surface area (Å²) in [4.78, 5) is 11.8. The first kappa shape index (κ1) is 24.7. The van der Waals surface area contributed by atoms with Gasteiger partial charge in [0.15, 0.2) is 5.78 Å². The molecule has 0 bridgehead atoms. The minimum atomic E-state index is -0.252. The number of ketones is 1. The van der Waals surface area contributed by atoms with E-state index < -0.39 is 0 Å². The van der Waals surface area contributed by atoms with Crippen LogP contribution in [0.25, 0.3) is 0 Å². The summed E-state index contributed by atoms with van der Waals surface area (Å²) < 4.78 is 0. The summed E-state index contributed by atoms with van der Waals surface area (Å²) in [5.74, 6) is 0.266. The van der Waals surface area contributed by atoms with E-state index in [1.807, 2.05) is 41.5 Å². The maximum atomic E-state index is 11.8. The van der Waals surface area contributed by atoms with Gasteiger partial charge in [0, 0.05) is 11.0 Å². The molecule has 0 saturated heterocycles. The topological polar surface area (TPSA) is 29.1 Å². The fraction of sp³-hybridized carbons (Fsp3) is 0.857. The van der Waals surface area contributed by atoms with Gasteiger partial charge in [-0.15, -0.1) is 0 Å². The third-order valence-corrected chi connectivity index (χ3v) is 1.78. The standard InChI is InChI=1S/C11H23NO.C2H6.CH3.Rf/c1-8(12-11(5,6)7)9(13)10(2,3)4;1-2;;/h8,12H,1-7H3;1-2H3;1H3;/q;;-1;. The van der Waals surface area contributed by atoms with Gasteiger partial charge >= 0.3 is 0 Å². The molecule has 17 heavy (non-hydrogen) atoms. The fourth-order valence-electron chi connectivity index (χ4n) is 1.36. The van der Waals surface area contributed by atoms with Crippen molar-refractivity contribution in [1.29, 1.82) is 0 Å². The average Bonchev–Trinajstić information content (AvgIpc) is 2.02. The van der Waals surface area contributed by atoms with Crippen molar-refractivity contribution in [3.8, 4) is 0 Å². The summed E-state index contributed by atoms with van der Waals surface area (Å²) in [6.45, 7) is 18.0. The van der Waals surface area contributed by atoms with Crippen LogP contribution in [0.15, 0.2) is 0 Å². The minimum Gasteiger partial charge on any atom is -0.358 e. The zero-order valence-electron chi connectivity index (χ0n) is 13.7. The first-order valence-electron chi connectivity index (χ1n) is 5.86. The average molecular weight is 497 g/mol. The number of nitrogens with one attached hydrogen (secondary N) is 1. The second-order valence-electron chi connectivity index (χ2n) is 5.73. The second-order valence-corrected chi connectivity index (χ2v) is 5.73. The van der Waals surface area contributed by atoms with E-state index in [0.717, 1.165) is 0 Å². The smallest absolute Gasteiger partial charge is 0.154 e. The van der Waals surface area contributed by atoms with E-state index >= 15 is 0 Å². The van der Waals surface area contributed by atoms with Crippen LogP contribution in [0.1, 0.15) is 62.3 Å². The molecule has 0 fully saturated rings. The van der Waals surface area contributed by atoms with Gasteiger partial charge in [-0.25, -0.2) is 0 Å². The van der Waals surface area contributed by atoms with Crippen molar-refractivity contribution in [3.05, 3.63) is 7.43 Å². The molecule has 0 aromatic heterocycles. The number of carbonyl (C=O) groups is 1. The third-order valence-electron chi connectivity index (χ3n) is 1.78. The van der Waals surface area contributed by atoms with E-state index in [-0.39, 0.29) is 30.2 Å². The van der Waals surface area contributed by atoms with Crippen molar-refractivity contribution in [2.75, 3.05) is 0 Å². The number of Topliss-reactive ketones (excluding diaryl/α,β-unsaturated/α-hetero) is 1. The molecule has 1 atom stereocenters. The molecule has 0 spiro atoms. The van der Waals surface area contributed by atoms with Gasteiger partial charge < -0.3 is 12.7 Å². The van der Waals surface area contributed by atoms with E-state index in [9.17, 15) is 4.79 Å². The van der Waals surface area contributed by atoms with Gasteiger partial charge in [-0.05, 0) is 27.7 Å². The van der Waals surface area contributed by atoms with Gasteiger partial charge in [0.25, 0.3) is 0 Å². The third kappa shape index (κ3) is 12.6. The molecule has 0 heterocycles. The van der Waals surface area contributed by atoms with Crippen molar-refractivity contribution in [1.82, 2.24) is 5.32 Å². The van der Waals surface area contributed by atoms with Gasteiger partial charge in [0.2, 0.25) is 0 Å². The van der Waals surface area contributed by atoms with Gasteiger partial charge in [-0.1, -0.05) is 34.6 Å². The largest absolute Gasteiger partial charge is 0.358 e. The predicted molar refractivity (Wildman–Crippen MR) is 74.6 cm³/mol. The molecule has 0 saturated carbocycles. The van der Waals surface area contributed by atoms with Crippen LogP contribution in [-0.4, -0.2) is 17.4 Å². The number of carbonyl (C=O) groups excluding carboxylic acids is 1. The molecule has 0 aromatic rings. The van der Waals surface area contributed by atoms with E-state index in [1.54, 1.807) is 0 Å².